The smallest absolute Gasteiger partial charge is 0.138 e. The van der Waals surface area contributed by atoms with Crippen molar-refractivity contribution in [3.63, 3.8) is 0 Å². The Hall–Kier alpha value is -5.66. The summed E-state index contributed by atoms with van der Waals surface area (Å²) < 4.78 is 7.05. The number of fused-ring (bicyclic) bond motifs is 6. The number of rotatable bonds is 3. The Balaban J connectivity index is 1.56. The molecule has 1 heterocycles. The fraction of sp³-hybridized carbons (Fsp3) is 0.382. The van der Waals surface area contributed by atoms with Crippen LogP contribution in [0.15, 0.2) is 4.42 Å². The predicted octanol–water partition coefficient (Wildman–Crippen LogP) is 20.1. The van der Waals surface area contributed by atoms with E-state index in [9.17, 15) is 0 Å². The van der Waals surface area contributed by atoms with E-state index in [2.05, 4.69) is 180 Å². The third kappa shape index (κ3) is 6.01. The summed E-state index contributed by atoms with van der Waals surface area (Å²) >= 11 is 0. The second kappa shape index (κ2) is 15.9. The van der Waals surface area contributed by atoms with E-state index in [1.54, 1.807) is 0 Å². The van der Waals surface area contributed by atoms with Gasteiger partial charge in [0.15, 0.2) is 0 Å². The molecule has 69 heavy (non-hydrogen) atoms. The van der Waals surface area contributed by atoms with E-state index < -0.39 is 0 Å². The van der Waals surface area contributed by atoms with Gasteiger partial charge in [0.25, 0.3) is 0 Å². The van der Waals surface area contributed by atoms with Crippen LogP contribution in [0, 0.1) is 180 Å². The van der Waals surface area contributed by atoms with Crippen LogP contribution in [0.1, 0.15) is 145 Å². The van der Waals surface area contributed by atoms with Crippen molar-refractivity contribution in [1.82, 2.24) is 0 Å². The fourth-order valence-corrected chi connectivity index (χ4v) is 13.9. The van der Waals surface area contributed by atoms with Crippen molar-refractivity contribution in [2.24, 2.45) is 0 Å². The maximum Gasteiger partial charge on any atom is 0.138 e. The number of hydrogen-bond acceptors (Lipinski definition) is 1. The summed E-state index contributed by atoms with van der Waals surface area (Å²) in [6.07, 6.45) is 0. The first-order chi connectivity index (χ1) is 32.2. The van der Waals surface area contributed by atoms with Gasteiger partial charge in [-0.25, -0.2) is 0 Å². The summed E-state index contributed by atoms with van der Waals surface area (Å²) in [4.78, 5) is 0. The van der Waals surface area contributed by atoms with Crippen molar-refractivity contribution in [1.29, 1.82) is 0 Å². The van der Waals surface area contributed by atoms with Gasteiger partial charge >= 0.3 is 0 Å². The topological polar surface area (TPSA) is 13.1 Å². The molecule has 0 bridgehead atoms. The van der Waals surface area contributed by atoms with Crippen molar-refractivity contribution in [3.8, 4) is 33.4 Å². The monoisotopic (exact) mass is 911 g/mol. The number of furan rings is 1. The molecule has 0 N–H and O–H groups in total. The van der Waals surface area contributed by atoms with E-state index in [-0.39, 0.29) is 0 Å². The first-order valence-corrected chi connectivity index (χ1v) is 25.7. The number of aryl methyl sites for hydroxylation is 12. The second-order valence-electron chi connectivity index (χ2n) is 22.3. The summed E-state index contributed by atoms with van der Waals surface area (Å²) in [5.74, 6) is 0. The average Bonchev–Trinajstić information content (AvgIpc) is 3.73. The molecular weight excluding hydrogens is 833 g/mol. The van der Waals surface area contributed by atoms with E-state index in [1.165, 1.54) is 221 Å². The van der Waals surface area contributed by atoms with Crippen LogP contribution >= 0.6 is 0 Å². The number of hydrogen-bond donors (Lipinski definition) is 0. The maximum absolute atomic E-state index is 7.05. The lowest BCUT2D eigenvalue weighted by Crippen LogP contribution is -2.08. The quantitative estimate of drug-likeness (QED) is 0.161. The summed E-state index contributed by atoms with van der Waals surface area (Å²) in [5.41, 5.74) is 46.0. The van der Waals surface area contributed by atoms with Gasteiger partial charge in [0.2, 0.25) is 0 Å². The fourth-order valence-electron chi connectivity index (χ4n) is 13.9. The van der Waals surface area contributed by atoms with Crippen LogP contribution in [0.3, 0.4) is 0 Å². The highest BCUT2D eigenvalue weighted by Crippen LogP contribution is 2.56. The molecule has 1 heteroatoms. The van der Waals surface area contributed by atoms with Crippen molar-refractivity contribution in [3.05, 3.63) is 145 Å². The van der Waals surface area contributed by atoms with Gasteiger partial charge in [-0.1, -0.05) is 0 Å². The SMILES string of the molecule is Cc1c(C)c(C)c(-c2c(C)c(C)c3c(C)c(-c4c5c(C)c(C)c(C)c(C)c5c(-c5c(C)c(C)c6oc7c(C)c(C)c(C)c(C)c7c6c5C)c5c(C)c(C)c(C)c(C)c45)c(C)c(C)c3c2C)c(C)c1C. The Bertz CT molecular complexity index is 3790. The molecule has 1 aromatic heterocycles. The lowest BCUT2D eigenvalue weighted by Gasteiger charge is -2.31. The van der Waals surface area contributed by atoms with E-state index in [4.69, 9.17) is 4.42 Å². The molecule has 1 nitrogen and oxygen atoms in total. The Morgan fingerprint density at radius 2 is 0.304 bits per heavy atom. The Kier molecular flexibility index (Phi) is 11.2. The third-order valence-corrected chi connectivity index (χ3v) is 19.8. The van der Waals surface area contributed by atoms with Crippen LogP contribution in [0.5, 0.6) is 0 Å². The normalized spacial score (nSPS) is 12.2. The van der Waals surface area contributed by atoms with Crippen molar-refractivity contribution < 1.29 is 4.42 Å². The lowest BCUT2D eigenvalue weighted by molar-refractivity contribution is 0.661. The summed E-state index contributed by atoms with van der Waals surface area (Å²) in [5, 5.41) is 11.0. The van der Waals surface area contributed by atoms with E-state index >= 15 is 0 Å². The molecule has 0 aliphatic heterocycles. The van der Waals surface area contributed by atoms with E-state index in [0.29, 0.717) is 0 Å². The zero-order valence-electron chi connectivity index (χ0n) is 47.4. The highest BCUT2D eigenvalue weighted by molar-refractivity contribution is 6.28. The number of benzene rings is 8. The minimum Gasteiger partial charge on any atom is -0.455 e. The molecule has 0 atom stereocenters. The maximum atomic E-state index is 7.05. The van der Waals surface area contributed by atoms with E-state index in [1.807, 2.05) is 0 Å². The Morgan fingerprint density at radius 3 is 0.652 bits per heavy atom. The first kappa shape index (κ1) is 48.4. The molecular formula is C68H78O. The standard InChI is InChI=1S/C68H78O/c1-27-28(2)36(10)53(37(11)29(27)3)54-43(17)44(18)56-51(25)57(46(20)45(19)55(56)50(54)24)65-59-38(12)30(4)32(6)40(14)61(59)66(62-41(15)33(7)31(5)39(13)60(62)65)58-47(21)49(23)68-64(52(58)26)63-42(16)34(8)35(9)48(22)67(63)69-68/h1-26H3. The molecule has 0 amide bonds. The predicted molar refractivity (Wildman–Crippen MR) is 306 cm³/mol. The van der Waals surface area contributed by atoms with Gasteiger partial charge in [-0.2, -0.15) is 0 Å². The average molecular weight is 911 g/mol. The summed E-state index contributed by atoms with van der Waals surface area (Å²) in [7, 11) is 0. The largest absolute Gasteiger partial charge is 0.455 e. The molecule has 9 rings (SSSR count). The van der Waals surface area contributed by atoms with Crippen LogP contribution in [0.25, 0.3) is 87.6 Å². The highest BCUT2D eigenvalue weighted by Gasteiger charge is 2.32. The van der Waals surface area contributed by atoms with E-state index in [0.717, 1.165) is 11.2 Å². The van der Waals surface area contributed by atoms with Crippen molar-refractivity contribution >= 4 is 54.3 Å². The van der Waals surface area contributed by atoms with Crippen molar-refractivity contribution in [2.45, 2.75) is 180 Å². The minimum absolute atomic E-state index is 1.03. The molecule has 0 saturated heterocycles. The van der Waals surface area contributed by atoms with Gasteiger partial charge in [0.1, 0.15) is 11.2 Å². The zero-order chi connectivity index (χ0) is 51.0. The molecule has 8 aromatic carbocycles. The summed E-state index contributed by atoms with van der Waals surface area (Å²) in [6, 6.07) is 0. The van der Waals surface area contributed by atoms with Crippen LogP contribution in [-0.2, 0) is 0 Å². The van der Waals surface area contributed by atoms with Gasteiger partial charge in [-0.05, 0) is 390 Å². The third-order valence-electron chi connectivity index (χ3n) is 19.8. The first-order valence-electron chi connectivity index (χ1n) is 25.7. The second-order valence-corrected chi connectivity index (χ2v) is 22.3. The van der Waals surface area contributed by atoms with Gasteiger partial charge in [-0.3, -0.25) is 0 Å². The minimum atomic E-state index is 1.03. The molecule has 0 radical (unpaired) electrons. The Morgan fingerprint density at radius 1 is 0.130 bits per heavy atom. The van der Waals surface area contributed by atoms with Crippen molar-refractivity contribution in [2.75, 3.05) is 0 Å². The molecule has 0 spiro atoms. The molecule has 0 unspecified atom stereocenters. The van der Waals surface area contributed by atoms with Crippen LogP contribution in [-0.4, -0.2) is 0 Å². The van der Waals surface area contributed by atoms with Gasteiger partial charge < -0.3 is 4.42 Å². The van der Waals surface area contributed by atoms with Crippen LogP contribution in [0.4, 0.5) is 0 Å². The Labute approximate surface area is 414 Å². The molecule has 0 saturated carbocycles. The van der Waals surface area contributed by atoms with Gasteiger partial charge in [0.05, 0.1) is 0 Å². The van der Waals surface area contributed by atoms with Gasteiger partial charge in [0, 0.05) is 10.8 Å². The lowest BCUT2D eigenvalue weighted by atomic mass is 9.72. The highest BCUT2D eigenvalue weighted by atomic mass is 16.3. The molecule has 9 aromatic rings. The molecule has 0 aliphatic carbocycles. The zero-order valence-corrected chi connectivity index (χ0v) is 47.4. The van der Waals surface area contributed by atoms with Gasteiger partial charge in [-0.15, -0.1) is 0 Å². The summed E-state index contributed by atoms with van der Waals surface area (Å²) in [6.45, 7) is 61.4. The molecule has 0 fully saturated rings. The van der Waals surface area contributed by atoms with Crippen LogP contribution in [0.2, 0.25) is 0 Å². The molecule has 0 aliphatic rings. The molecule has 356 valence electrons. The van der Waals surface area contributed by atoms with Crippen LogP contribution < -0.4 is 0 Å².